The summed E-state index contributed by atoms with van der Waals surface area (Å²) in [5, 5.41) is 2.79. The summed E-state index contributed by atoms with van der Waals surface area (Å²) in [5.41, 5.74) is 6.11. The number of carbonyl (C=O) groups excluding carboxylic acids is 1. The molecule has 1 heterocycles. The normalized spacial score (nSPS) is 11.1. The molecule has 0 aromatic carbocycles. The molecule has 1 aromatic heterocycles. The minimum Gasteiger partial charge on any atom is -0.481 e. The van der Waals surface area contributed by atoms with Gasteiger partial charge < -0.3 is 15.8 Å². The maximum Gasteiger partial charge on any atom is 0.222 e. The van der Waals surface area contributed by atoms with Gasteiger partial charge in [-0.05, 0) is 19.9 Å². The van der Waals surface area contributed by atoms with Crippen molar-refractivity contribution in [3.8, 4) is 5.88 Å². The van der Waals surface area contributed by atoms with Crippen LogP contribution in [0.5, 0.6) is 5.88 Å². The highest BCUT2D eigenvalue weighted by molar-refractivity contribution is 5.77. The minimum atomic E-state index is -0.497. The molecule has 0 saturated carbocycles. The molecule has 94 valence electrons. The molecule has 17 heavy (non-hydrogen) atoms. The van der Waals surface area contributed by atoms with Crippen LogP contribution in [-0.4, -0.2) is 23.5 Å². The van der Waals surface area contributed by atoms with E-state index in [1.807, 2.05) is 19.9 Å². The van der Waals surface area contributed by atoms with Gasteiger partial charge in [0.15, 0.2) is 0 Å². The van der Waals surface area contributed by atoms with Gasteiger partial charge >= 0.3 is 0 Å². The van der Waals surface area contributed by atoms with Crippen LogP contribution in [0.3, 0.4) is 0 Å². The lowest BCUT2D eigenvalue weighted by Crippen LogP contribution is -2.38. The van der Waals surface area contributed by atoms with Crippen LogP contribution in [0.4, 0.5) is 0 Å². The van der Waals surface area contributed by atoms with Crippen LogP contribution >= 0.6 is 0 Å². The van der Waals surface area contributed by atoms with Crippen LogP contribution in [0.25, 0.3) is 0 Å². The molecule has 0 atom stereocenters. The maximum atomic E-state index is 11.6. The summed E-state index contributed by atoms with van der Waals surface area (Å²) >= 11 is 0. The summed E-state index contributed by atoms with van der Waals surface area (Å²) in [6, 6.07) is 3.66. The van der Waals surface area contributed by atoms with Crippen molar-refractivity contribution < 1.29 is 9.53 Å². The largest absolute Gasteiger partial charge is 0.481 e. The number of hydrogen-bond donors (Lipinski definition) is 2. The van der Waals surface area contributed by atoms with E-state index in [2.05, 4.69) is 10.3 Å². The number of rotatable bonds is 5. The molecule has 0 aliphatic rings. The monoisotopic (exact) mass is 237 g/mol. The van der Waals surface area contributed by atoms with E-state index in [1.54, 1.807) is 19.4 Å². The van der Waals surface area contributed by atoms with Crippen molar-refractivity contribution in [3.63, 3.8) is 0 Å². The molecular formula is C12H19N3O2. The molecular weight excluding hydrogens is 218 g/mol. The summed E-state index contributed by atoms with van der Waals surface area (Å²) in [6.07, 6.45) is 1.93. The smallest absolute Gasteiger partial charge is 0.222 e. The highest BCUT2D eigenvalue weighted by Crippen LogP contribution is 2.13. The Balaban J connectivity index is 2.53. The minimum absolute atomic E-state index is 0.0802. The van der Waals surface area contributed by atoms with Gasteiger partial charge in [-0.25, -0.2) is 4.98 Å². The second kappa shape index (κ2) is 5.63. The standard InChI is InChI=1S/C12H19N3O2/c1-12(2,13)7-10(16)15-8-9-5-4-6-14-11(9)17-3/h4-6H,7-8,13H2,1-3H3,(H,15,16). The quantitative estimate of drug-likeness (QED) is 0.795. The van der Waals surface area contributed by atoms with Gasteiger partial charge in [-0.3, -0.25) is 4.79 Å². The third-order valence-electron chi connectivity index (χ3n) is 2.14. The fourth-order valence-corrected chi connectivity index (χ4v) is 1.41. The van der Waals surface area contributed by atoms with E-state index in [1.165, 1.54) is 0 Å². The van der Waals surface area contributed by atoms with Crippen LogP contribution in [0, 0.1) is 0 Å². The number of amides is 1. The molecule has 0 radical (unpaired) electrons. The Bertz CT molecular complexity index is 386. The molecule has 0 bridgehead atoms. The first-order chi connectivity index (χ1) is 7.92. The fraction of sp³-hybridized carbons (Fsp3) is 0.500. The Morgan fingerprint density at radius 1 is 1.59 bits per heavy atom. The molecule has 1 aromatic rings. The van der Waals surface area contributed by atoms with Crippen molar-refractivity contribution in [2.24, 2.45) is 5.73 Å². The number of carbonyl (C=O) groups is 1. The van der Waals surface area contributed by atoms with Crippen molar-refractivity contribution in [1.29, 1.82) is 0 Å². The Hall–Kier alpha value is -1.62. The van der Waals surface area contributed by atoms with E-state index >= 15 is 0 Å². The summed E-state index contributed by atoms with van der Waals surface area (Å²) in [5.74, 6) is 0.447. The van der Waals surface area contributed by atoms with E-state index in [0.717, 1.165) is 5.56 Å². The lowest BCUT2D eigenvalue weighted by molar-refractivity contribution is -0.122. The van der Waals surface area contributed by atoms with Gasteiger partial charge in [0.05, 0.1) is 7.11 Å². The Kier molecular flexibility index (Phi) is 4.45. The zero-order chi connectivity index (χ0) is 12.9. The first kappa shape index (κ1) is 13.4. The predicted octanol–water partition coefficient (Wildman–Crippen LogP) is 0.834. The second-order valence-electron chi connectivity index (χ2n) is 4.61. The van der Waals surface area contributed by atoms with E-state index < -0.39 is 5.54 Å². The summed E-state index contributed by atoms with van der Waals surface area (Å²) < 4.78 is 5.09. The van der Waals surface area contributed by atoms with E-state index in [4.69, 9.17) is 10.5 Å². The SMILES string of the molecule is COc1ncccc1CNC(=O)CC(C)(C)N. The first-order valence-corrected chi connectivity index (χ1v) is 5.46. The number of nitrogens with zero attached hydrogens (tertiary/aromatic N) is 1. The number of nitrogens with two attached hydrogens (primary N) is 1. The average Bonchev–Trinajstić information content (AvgIpc) is 2.24. The van der Waals surface area contributed by atoms with Crippen LogP contribution in [-0.2, 0) is 11.3 Å². The summed E-state index contributed by atoms with van der Waals surface area (Å²) in [6.45, 7) is 4.03. The number of hydrogen-bond acceptors (Lipinski definition) is 4. The van der Waals surface area contributed by atoms with Gasteiger partial charge in [-0.15, -0.1) is 0 Å². The van der Waals surface area contributed by atoms with Crippen LogP contribution in [0.1, 0.15) is 25.8 Å². The van der Waals surface area contributed by atoms with Crippen LogP contribution in [0.2, 0.25) is 0 Å². The number of nitrogens with one attached hydrogen (secondary N) is 1. The number of ether oxygens (including phenoxy) is 1. The van der Waals surface area contributed by atoms with Crippen molar-refractivity contribution in [2.75, 3.05) is 7.11 Å². The van der Waals surface area contributed by atoms with Crippen molar-refractivity contribution in [2.45, 2.75) is 32.4 Å². The van der Waals surface area contributed by atoms with Gasteiger partial charge in [0.1, 0.15) is 0 Å². The van der Waals surface area contributed by atoms with Crippen LogP contribution in [0.15, 0.2) is 18.3 Å². The van der Waals surface area contributed by atoms with Gasteiger partial charge in [-0.2, -0.15) is 0 Å². The van der Waals surface area contributed by atoms with Crippen molar-refractivity contribution in [3.05, 3.63) is 23.9 Å². The molecule has 0 aliphatic carbocycles. The Morgan fingerprint density at radius 2 is 2.29 bits per heavy atom. The van der Waals surface area contributed by atoms with Crippen LogP contribution < -0.4 is 15.8 Å². The first-order valence-electron chi connectivity index (χ1n) is 5.46. The highest BCUT2D eigenvalue weighted by atomic mass is 16.5. The van der Waals surface area contributed by atoms with E-state index in [9.17, 15) is 4.79 Å². The molecule has 1 amide bonds. The Labute approximate surface area is 101 Å². The van der Waals surface area contributed by atoms with Gasteiger partial charge in [-0.1, -0.05) is 6.07 Å². The zero-order valence-corrected chi connectivity index (χ0v) is 10.5. The Morgan fingerprint density at radius 3 is 2.88 bits per heavy atom. The summed E-state index contributed by atoms with van der Waals surface area (Å²) in [4.78, 5) is 15.6. The molecule has 0 fully saturated rings. The topological polar surface area (TPSA) is 77.2 Å². The molecule has 3 N–H and O–H groups in total. The predicted molar refractivity (Wildman–Crippen MR) is 65.5 cm³/mol. The van der Waals surface area contributed by atoms with E-state index in [0.29, 0.717) is 12.4 Å². The van der Waals surface area contributed by atoms with Crippen molar-refractivity contribution >= 4 is 5.91 Å². The van der Waals surface area contributed by atoms with Crippen molar-refractivity contribution in [1.82, 2.24) is 10.3 Å². The summed E-state index contributed by atoms with van der Waals surface area (Å²) in [7, 11) is 1.55. The zero-order valence-electron chi connectivity index (χ0n) is 10.5. The molecule has 0 unspecified atom stereocenters. The molecule has 0 aliphatic heterocycles. The van der Waals surface area contributed by atoms with E-state index in [-0.39, 0.29) is 12.3 Å². The number of aromatic nitrogens is 1. The third-order valence-corrected chi connectivity index (χ3v) is 2.14. The highest BCUT2D eigenvalue weighted by Gasteiger charge is 2.16. The second-order valence-corrected chi connectivity index (χ2v) is 4.61. The fourth-order valence-electron chi connectivity index (χ4n) is 1.41. The average molecular weight is 237 g/mol. The van der Waals surface area contributed by atoms with Gasteiger partial charge in [0, 0.05) is 30.3 Å². The third kappa shape index (κ3) is 4.82. The lowest BCUT2D eigenvalue weighted by atomic mass is 10.0. The molecule has 1 rings (SSSR count). The molecule has 5 nitrogen and oxygen atoms in total. The van der Waals surface area contributed by atoms with Gasteiger partial charge in [0.25, 0.3) is 0 Å². The number of pyridine rings is 1. The molecule has 0 saturated heterocycles. The lowest BCUT2D eigenvalue weighted by Gasteiger charge is -2.17. The maximum absolute atomic E-state index is 11.6. The molecule has 5 heteroatoms. The van der Waals surface area contributed by atoms with Gasteiger partial charge in [0.2, 0.25) is 11.8 Å². The molecule has 0 spiro atoms. The number of methoxy groups -OCH3 is 1.